The number of unbranched alkanes of at least 4 members (excludes halogenated alkanes) is 1. The molecule has 2 N–H and O–H groups in total. The third kappa shape index (κ3) is 4.90. The van der Waals surface area contributed by atoms with E-state index in [1.165, 1.54) is 19.3 Å². The molecule has 0 bridgehead atoms. The fraction of sp³-hybridized carbons (Fsp3) is 0.933. The van der Waals surface area contributed by atoms with E-state index < -0.39 is 0 Å². The maximum absolute atomic E-state index is 12.0. The van der Waals surface area contributed by atoms with E-state index in [0.29, 0.717) is 5.41 Å². The van der Waals surface area contributed by atoms with Gasteiger partial charge in [0.25, 0.3) is 0 Å². The molecule has 0 radical (unpaired) electrons. The number of nitrogens with one attached hydrogen (secondary N) is 2. The maximum atomic E-state index is 12.0. The molecule has 1 amide bonds. The highest BCUT2D eigenvalue weighted by atomic mass is 35.5. The Kier molecular flexibility index (Phi) is 7.85. The first-order valence-corrected chi connectivity index (χ1v) is 7.85. The van der Waals surface area contributed by atoms with Gasteiger partial charge in [-0.15, -0.1) is 12.4 Å². The molecular weight excluding hydrogens is 276 g/mol. The van der Waals surface area contributed by atoms with Gasteiger partial charge in [-0.05, 0) is 50.6 Å². The molecule has 4 nitrogen and oxygen atoms in total. The van der Waals surface area contributed by atoms with Crippen molar-refractivity contribution in [3.8, 4) is 0 Å². The highest BCUT2D eigenvalue weighted by Gasteiger charge is 2.57. The molecule has 1 aliphatic carbocycles. The summed E-state index contributed by atoms with van der Waals surface area (Å²) in [6.07, 6.45) is 6.68. The molecular formula is C15H29ClN2O2. The van der Waals surface area contributed by atoms with Crippen LogP contribution in [0.1, 0.15) is 45.4 Å². The zero-order valence-corrected chi connectivity index (χ0v) is 13.4. The summed E-state index contributed by atoms with van der Waals surface area (Å²) in [5.41, 5.74) is 0.354. The van der Waals surface area contributed by atoms with Crippen LogP contribution in [0.25, 0.3) is 0 Å². The summed E-state index contributed by atoms with van der Waals surface area (Å²) in [6.45, 7) is 6.69. The SMILES string of the molecule is CCCCOCCCNC(=O)C1CC12CCNCC2.Cl. The molecule has 118 valence electrons. The number of hydrogen-bond donors (Lipinski definition) is 2. The van der Waals surface area contributed by atoms with Crippen LogP contribution in [-0.2, 0) is 9.53 Å². The predicted octanol–water partition coefficient (Wildman–Crippen LogP) is 2.12. The number of halogens is 1. The van der Waals surface area contributed by atoms with Crippen LogP contribution in [0, 0.1) is 11.3 Å². The van der Waals surface area contributed by atoms with Crippen LogP contribution < -0.4 is 10.6 Å². The maximum Gasteiger partial charge on any atom is 0.223 e. The van der Waals surface area contributed by atoms with Gasteiger partial charge in [-0.2, -0.15) is 0 Å². The summed E-state index contributed by atoms with van der Waals surface area (Å²) < 4.78 is 5.48. The van der Waals surface area contributed by atoms with E-state index in [1.54, 1.807) is 0 Å². The number of piperidine rings is 1. The van der Waals surface area contributed by atoms with E-state index in [2.05, 4.69) is 17.6 Å². The van der Waals surface area contributed by atoms with Crippen LogP contribution >= 0.6 is 12.4 Å². The lowest BCUT2D eigenvalue weighted by Gasteiger charge is -2.23. The fourth-order valence-electron chi connectivity index (χ4n) is 3.05. The highest BCUT2D eigenvalue weighted by molar-refractivity contribution is 5.85. The predicted molar refractivity (Wildman–Crippen MR) is 83.2 cm³/mol. The van der Waals surface area contributed by atoms with Gasteiger partial charge in [0.05, 0.1) is 0 Å². The molecule has 2 aliphatic rings. The zero-order valence-electron chi connectivity index (χ0n) is 12.6. The minimum absolute atomic E-state index is 0. The summed E-state index contributed by atoms with van der Waals surface area (Å²) in [7, 11) is 0. The molecule has 20 heavy (non-hydrogen) atoms. The Morgan fingerprint density at radius 1 is 1.30 bits per heavy atom. The number of hydrogen-bond acceptors (Lipinski definition) is 3. The minimum atomic E-state index is 0. The third-order valence-electron chi connectivity index (χ3n) is 4.51. The van der Waals surface area contributed by atoms with Gasteiger partial charge in [0, 0.05) is 25.7 Å². The normalized spacial score (nSPS) is 23.1. The molecule has 1 atom stereocenters. The van der Waals surface area contributed by atoms with E-state index in [-0.39, 0.29) is 24.2 Å². The van der Waals surface area contributed by atoms with Crippen molar-refractivity contribution in [2.75, 3.05) is 32.8 Å². The van der Waals surface area contributed by atoms with Crippen molar-refractivity contribution in [1.29, 1.82) is 0 Å². The van der Waals surface area contributed by atoms with Crippen LogP contribution in [0.15, 0.2) is 0 Å². The minimum Gasteiger partial charge on any atom is -0.381 e. The first-order chi connectivity index (χ1) is 9.28. The van der Waals surface area contributed by atoms with Crippen molar-refractivity contribution < 1.29 is 9.53 Å². The average Bonchev–Trinajstić information content (AvgIpc) is 3.12. The highest BCUT2D eigenvalue weighted by Crippen LogP contribution is 2.58. The van der Waals surface area contributed by atoms with Crippen LogP contribution in [0.2, 0.25) is 0 Å². The molecule has 0 aromatic rings. The van der Waals surface area contributed by atoms with Crippen molar-refractivity contribution in [3.05, 3.63) is 0 Å². The van der Waals surface area contributed by atoms with Crippen LogP contribution in [0.3, 0.4) is 0 Å². The van der Waals surface area contributed by atoms with Gasteiger partial charge in [-0.3, -0.25) is 4.79 Å². The van der Waals surface area contributed by atoms with Gasteiger partial charge in [-0.1, -0.05) is 13.3 Å². The Morgan fingerprint density at radius 3 is 2.70 bits per heavy atom. The molecule has 5 heteroatoms. The van der Waals surface area contributed by atoms with Crippen molar-refractivity contribution in [2.45, 2.75) is 45.4 Å². The molecule has 1 aliphatic heterocycles. The van der Waals surface area contributed by atoms with E-state index >= 15 is 0 Å². The van der Waals surface area contributed by atoms with Crippen LogP contribution in [0.5, 0.6) is 0 Å². The topological polar surface area (TPSA) is 50.4 Å². The largest absolute Gasteiger partial charge is 0.381 e. The summed E-state index contributed by atoms with van der Waals surface area (Å²) >= 11 is 0. The summed E-state index contributed by atoms with van der Waals surface area (Å²) in [5, 5.41) is 6.44. The Morgan fingerprint density at radius 2 is 2.00 bits per heavy atom. The lowest BCUT2D eigenvalue weighted by molar-refractivity contribution is -0.123. The summed E-state index contributed by atoms with van der Waals surface area (Å²) in [6, 6.07) is 0. The number of amides is 1. The standard InChI is InChI=1S/C15H28N2O2.ClH/c1-2-3-10-19-11-4-7-17-14(18)13-12-15(13)5-8-16-9-6-15;/h13,16H,2-12H2,1H3,(H,17,18);1H. The smallest absolute Gasteiger partial charge is 0.223 e. The molecule has 1 saturated carbocycles. The van der Waals surface area contributed by atoms with Crippen LogP contribution in [-0.4, -0.2) is 38.8 Å². The zero-order chi connectivity index (χ0) is 13.6. The monoisotopic (exact) mass is 304 g/mol. The molecule has 2 rings (SSSR count). The second-order valence-electron chi connectivity index (χ2n) is 5.98. The summed E-state index contributed by atoms with van der Waals surface area (Å²) in [5.74, 6) is 0.561. The number of carbonyl (C=O) groups is 1. The van der Waals surface area contributed by atoms with E-state index in [0.717, 1.165) is 52.1 Å². The fourth-order valence-corrected chi connectivity index (χ4v) is 3.05. The molecule has 0 aromatic heterocycles. The number of ether oxygens (including phenoxy) is 1. The number of carbonyl (C=O) groups excluding carboxylic acids is 1. The van der Waals surface area contributed by atoms with Gasteiger partial charge < -0.3 is 15.4 Å². The Hall–Kier alpha value is -0.320. The van der Waals surface area contributed by atoms with E-state index in [1.807, 2.05) is 0 Å². The molecule has 0 aromatic carbocycles. The van der Waals surface area contributed by atoms with E-state index in [9.17, 15) is 4.79 Å². The Labute approximate surface area is 128 Å². The van der Waals surface area contributed by atoms with Crippen molar-refractivity contribution in [2.24, 2.45) is 11.3 Å². The summed E-state index contributed by atoms with van der Waals surface area (Å²) in [4.78, 5) is 12.0. The van der Waals surface area contributed by atoms with Crippen molar-refractivity contribution >= 4 is 18.3 Å². The Bertz CT molecular complexity index is 294. The van der Waals surface area contributed by atoms with Gasteiger partial charge in [0.15, 0.2) is 0 Å². The average molecular weight is 305 g/mol. The molecule has 1 spiro atoms. The second-order valence-corrected chi connectivity index (χ2v) is 5.98. The van der Waals surface area contributed by atoms with Crippen molar-refractivity contribution in [1.82, 2.24) is 10.6 Å². The van der Waals surface area contributed by atoms with E-state index in [4.69, 9.17) is 4.74 Å². The number of rotatable bonds is 8. The molecule has 1 unspecified atom stereocenters. The van der Waals surface area contributed by atoms with Gasteiger partial charge in [-0.25, -0.2) is 0 Å². The van der Waals surface area contributed by atoms with Gasteiger partial charge in [0.1, 0.15) is 0 Å². The van der Waals surface area contributed by atoms with Crippen molar-refractivity contribution in [3.63, 3.8) is 0 Å². The van der Waals surface area contributed by atoms with Gasteiger partial charge >= 0.3 is 0 Å². The molecule has 2 fully saturated rings. The van der Waals surface area contributed by atoms with Gasteiger partial charge in [0.2, 0.25) is 5.91 Å². The first kappa shape index (κ1) is 17.7. The lowest BCUT2D eigenvalue weighted by Crippen LogP contribution is -2.34. The third-order valence-corrected chi connectivity index (χ3v) is 4.51. The quantitative estimate of drug-likeness (QED) is 0.675. The molecule has 1 saturated heterocycles. The lowest BCUT2D eigenvalue weighted by atomic mass is 9.92. The molecule has 1 heterocycles. The first-order valence-electron chi connectivity index (χ1n) is 7.85. The van der Waals surface area contributed by atoms with Crippen LogP contribution in [0.4, 0.5) is 0 Å². The second kappa shape index (κ2) is 8.85. The Balaban J connectivity index is 0.00000200.